The van der Waals surface area contributed by atoms with E-state index < -0.39 is 0 Å². The second-order valence-electron chi connectivity index (χ2n) is 5.41. The third-order valence-electron chi connectivity index (χ3n) is 4.48. The average molecular weight is 266 g/mol. The van der Waals surface area contributed by atoms with Crippen molar-refractivity contribution in [1.29, 1.82) is 0 Å². The Morgan fingerprint density at radius 1 is 1.37 bits per heavy atom. The molecule has 4 heteroatoms. The van der Waals surface area contributed by atoms with Gasteiger partial charge in [-0.15, -0.1) is 0 Å². The third-order valence-corrected chi connectivity index (χ3v) is 4.48. The molecular weight excluding hydrogens is 236 g/mol. The Morgan fingerprint density at radius 2 is 2.00 bits per heavy atom. The van der Waals surface area contributed by atoms with Crippen LogP contribution in [0.25, 0.3) is 0 Å². The van der Waals surface area contributed by atoms with Gasteiger partial charge >= 0.3 is 0 Å². The lowest BCUT2D eigenvalue weighted by Crippen LogP contribution is -2.59. The van der Waals surface area contributed by atoms with Gasteiger partial charge in [0.15, 0.2) is 0 Å². The summed E-state index contributed by atoms with van der Waals surface area (Å²) in [7, 11) is 4.03. The highest BCUT2D eigenvalue weighted by atomic mass is 15.3. The highest BCUT2D eigenvalue weighted by Crippen LogP contribution is 2.25. The van der Waals surface area contributed by atoms with Crippen LogP contribution in [-0.4, -0.2) is 46.4 Å². The van der Waals surface area contributed by atoms with E-state index in [1.165, 1.54) is 0 Å². The lowest BCUT2D eigenvalue weighted by molar-refractivity contribution is 0.0726. The van der Waals surface area contributed by atoms with E-state index in [1.807, 2.05) is 17.9 Å². The number of nitrogens with one attached hydrogen (secondary N) is 1. The van der Waals surface area contributed by atoms with Crippen molar-refractivity contribution in [2.24, 2.45) is 7.05 Å². The molecule has 19 heavy (non-hydrogen) atoms. The van der Waals surface area contributed by atoms with Crippen LogP contribution in [0.4, 0.5) is 0 Å². The van der Waals surface area contributed by atoms with E-state index in [0.717, 1.165) is 31.6 Å². The first kappa shape index (κ1) is 16.2. The van der Waals surface area contributed by atoms with Gasteiger partial charge in [0.05, 0.1) is 5.69 Å². The zero-order valence-corrected chi connectivity index (χ0v) is 13.4. The summed E-state index contributed by atoms with van der Waals surface area (Å²) in [5.41, 5.74) is 1.32. The summed E-state index contributed by atoms with van der Waals surface area (Å²) in [5.74, 6) is 0. The first-order valence-electron chi connectivity index (χ1n) is 7.42. The molecule has 1 rings (SSSR count). The number of aryl methyl sites for hydroxylation is 1. The van der Waals surface area contributed by atoms with Gasteiger partial charge in [0.1, 0.15) is 0 Å². The quantitative estimate of drug-likeness (QED) is 0.782. The van der Waals surface area contributed by atoms with Crippen molar-refractivity contribution in [2.45, 2.75) is 52.1 Å². The SMILES string of the molecule is CCN(CC)C(C)(CC)C(Cc1ccn(C)n1)NC. The highest BCUT2D eigenvalue weighted by molar-refractivity contribution is 5.06. The largest absolute Gasteiger partial charge is 0.315 e. The highest BCUT2D eigenvalue weighted by Gasteiger charge is 2.36. The first-order chi connectivity index (χ1) is 9.01. The second-order valence-corrected chi connectivity index (χ2v) is 5.41. The standard InChI is InChI=1S/C15H30N4/c1-7-15(4,19(8-2)9-3)14(16-5)12-13-10-11-18(6)17-13/h10-11,14,16H,7-9,12H2,1-6H3. The summed E-state index contributed by atoms with van der Waals surface area (Å²) < 4.78 is 1.88. The van der Waals surface area contributed by atoms with E-state index in [2.05, 4.69) is 56.1 Å². The molecule has 1 heterocycles. The molecule has 2 atom stereocenters. The third kappa shape index (κ3) is 3.57. The van der Waals surface area contributed by atoms with Gasteiger partial charge in [0, 0.05) is 31.2 Å². The minimum absolute atomic E-state index is 0.162. The van der Waals surface area contributed by atoms with Gasteiger partial charge in [-0.05, 0) is 39.5 Å². The smallest absolute Gasteiger partial charge is 0.0640 e. The summed E-state index contributed by atoms with van der Waals surface area (Å²) in [6.07, 6.45) is 4.12. The average Bonchev–Trinajstić information content (AvgIpc) is 2.82. The van der Waals surface area contributed by atoms with Gasteiger partial charge in [0.2, 0.25) is 0 Å². The van der Waals surface area contributed by atoms with Crippen molar-refractivity contribution in [3.63, 3.8) is 0 Å². The van der Waals surface area contributed by atoms with Crippen molar-refractivity contribution in [2.75, 3.05) is 20.1 Å². The summed E-state index contributed by atoms with van der Waals surface area (Å²) in [6.45, 7) is 11.3. The monoisotopic (exact) mass is 266 g/mol. The van der Waals surface area contributed by atoms with Crippen molar-refractivity contribution in [1.82, 2.24) is 20.0 Å². The van der Waals surface area contributed by atoms with Crippen molar-refractivity contribution < 1.29 is 0 Å². The number of hydrogen-bond acceptors (Lipinski definition) is 3. The molecule has 110 valence electrons. The molecule has 0 aliphatic rings. The van der Waals surface area contributed by atoms with E-state index in [0.29, 0.717) is 6.04 Å². The molecular formula is C15H30N4. The molecule has 0 radical (unpaired) electrons. The van der Waals surface area contributed by atoms with Crippen LogP contribution in [0, 0.1) is 0 Å². The van der Waals surface area contributed by atoms with Gasteiger partial charge in [0.25, 0.3) is 0 Å². The van der Waals surface area contributed by atoms with Crippen LogP contribution in [0.3, 0.4) is 0 Å². The maximum absolute atomic E-state index is 4.52. The van der Waals surface area contributed by atoms with Crippen LogP contribution in [0.1, 0.15) is 39.8 Å². The van der Waals surface area contributed by atoms with E-state index in [9.17, 15) is 0 Å². The predicted molar refractivity (Wildman–Crippen MR) is 81.4 cm³/mol. The molecule has 0 amide bonds. The Labute approximate surface area is 118 Å². The number of hydrogen-bond donors (Lipinski definition) is 1. The molecule has 0 fully saturated rings. The van der Waals surface area contributed by atoms with Crippen LogP contribution in [-0.2, 0) is 13.5 Å². The number of nitrogens with zero attached hydrogens (tertiary/aromatic N) is 3. The summed E-state index contributed by atoms with van der Waals surface area (Å²) in [4.78, 5) is 2.55. The lowest BCUT2D eigenvalue weighted by atomic mass is 9.84. The molecule has 1 aromatic heterocycles. The van der Waals surface area contributed by atoms with Gasteiger partial charge in [-0.1, -0.05) is 20.8 Å². The maximum Gasteiger partial charge on any atom is 0.0640 e. The minimum Gasteiger partial charge on any atom is -0.315 e. The topological polar surface area (TPSA) is 33.1 Å². The van der Waals surface area contributed by atoms with Gasteiger partial charge in [-0.25, -0.2) is 0 Å². The van der Waals surface area contributed by atoms with Crippen LogP contribution in [0.2, 0.25) is 0 Å². The van der Waals surface area contributed by atoms with E-state index in [4.69, 9.17) is 0 Å². The van der Waals surface area contributed by atoms with Crippen LogP contribution >= 0.6 is 0 Å². The normalized spacial score (nSPS) is 16.6. The van der Waals surface area contributed by atoms with Gasteiger partial charge in [-0.3, -0.25) is 9.58 Å². The zero-order chi connectivity index (χ0) is 14.5. The Hall–Kier alpha value is -0.870. The molecule has 2 unspecified atom stereocenters. The van der Waals surface area contributed by atoms with E-state index in [-0.39, 0.29) is 5.54 Å². The molecule has 0 saturated carbocycles. The van der Waals surface area contributed by atoms with Crippen molar-refractivity contribution in [3.8, 4) is 0 Å². The predicted octanol–water partition coefficient (Wildman–Crippen LogP) is 2.06. The fourth-order valence-electron chi connectivity index (χ4n) is 3.05. The molecule has 0 aliphatic carbocycles. The van der Waals surface area contributed by atoms with Crippen molar-refractivity contribution in [3.05, 3.63) is 18.0 Å². The molecule has 0 aliphatic heterocycles. The molecule has 0 aromatic carbocycles. The van der Waals surface area contributed by atoms with E-state index in [1.54, 1.807) is 0 Å². The zero-order valence-electron chi connectivity index (χ0n) is 13.4. The van der Waals surface area contributed by atoms with Crippen LogP contribution < -0.4 is 5.32 Å². The van der Waals surface area contributed by atoms with Crippen LogP contribution in [0.15, 0.2) is 12.3 Å². The fourth-order valence-corrected chi connectivity index (χ4v) is 3.05. The second kappa shape index (κ2) is 7.06. The molecule has 1 aromatic rings. The maximum atomic E-state index is 4.52. The Bertz CT molecular complexity index is 370. The number of aromatic nitrogens is 2. The van der Waals surface area contributed by atoms with Crippen LogP contribution in [0.5, 0.6) is 0 Å². The summed E-state index contributed by atoms with van der Waals surface area (Å²) in [6, 6.07) is 2.52. The van der Waals surface area contributed by atoms with Gasteiger partial charge in [-0.2, -0.15) is 5.10 Å². The first-order valence-corrected chi connectivity index (χ1v) is 7.42. The van der Waals surface area contributed by atoms with Gasteiger partial charge < -0.3 is 5.32 Å². The minimum atomic E-state index is 0.162. The Morgan fingerprint density at radius 3 is 2.37 bits per heavy atom. The number of rotatable bonds is 8. The summed E-state index contributed by atoms with van der Waals surface area (Å²) >= 11 is 0. The molecule has 0 spiro atoms. The summed E-state index contributed by atoms with van der Waals surface area (Å²) in [5, 5.41) is 8.02. The molecule has 1 N–H and O–H groups in total. The fraction of sp³-hybridized carbons (Fsp3) is 0.800. The Kier molecular flexibility index (Phi) is 6.01. The lowest BCUT2D eigenvalue weighted by Gasteiger charge is -2.45. The molecule has 4 nitrogen and oxygen atoms in total. The Balaban J connectivity index is 2.91. The molecule has 0 bridgehead atoms. The molecule has 0 saturated heterocycles. The number of likely N-dealkylation sites (N-methyl/N-ethyl adjacent to an activating group) is 2. The van der Waals surface area contributed by atoms with E-state index >= 15 is 0 Å². The van der Waals surface area contributed by atoms with Crippen molar-refractivity contribution >= 4 is 0 Å².